The Hall–Kier alpha value is -2.44. The van der Waals surface area contributed by atoms with E-state index in [0.29, 0.717) is 17.0 Å². The Bertz CT molecular complexity index is 991. The summed E-state index contributed by atoms with van der Waals surface area (Å²) in [7, 11) is 3.01. The Labute approximate surface area is 151 Å². The monoisotopic (exact) mass is 356 g/mol. The van der Waals surface area contributed by atoms with E-state index in [1.165, 1.54) is 37.3 Å². The van der Waals surface area contributed by atoms with Crippen LogP contribution in [0.4, 0.5) is 0 Å². The summed E-state index contributed by atoms with van der Waals surface area (Å²) in [6, 6.07) is 3.20. The average Bonchev–Trinajstić information content (AvgIpc) is 2.69. The fourth-order valence-electron chi connectivity index (χ4n) is 4.52. The molecule has 3 heterocycles. The quantitative estimate of drug-likeness (QED) is 0.771. The molecule has 0 N–H and O–H groups in total. The molecule has 1 aliphatic carbocycles. The minimum Gasteiger partial charge on any atom is -0.337 e. The molecule has 7 nitrogen and oxygen atoms in total. The van der Waals surface area contributed by atoms with Gasteiger partial charge in [0, 0.05) is 27.2 Å². The smallest absolute Gasteiger partial charge is 0.332 e. The zero-order valence-corrected chi connectivity index (χ0v) is 15.3. The molecule has 0 spiro atoms. The van der Waals surface area contributed by atoms with Crippen molar-refractivity contribution in [2.45, 2.75) is 32.1 Å². The molecule has 0 radical (unpaired) electrons. The summed E-state index contributed by atoms with van der Waals surface area (Å²) >= 11 is 0. The minimum atomic E-state index is -0.442. The van der Waals surface area contributed by atoms with Crippen LogP contribution in [-0.4, -0.2) is 38.0 Å². The molecule has 1 saturated heterocycles. The van der Waals surface area contributed by atoms with Crippen molar-refractivity contribution in [1.29, 1.82) is 0 Å². The SMILES string of the molecule is Cn1c(=O)c2ccc(C(=O)N3CCC4CCCCC4C3)nc2n(C)c1=O. The summed E-state index contributed by atoms with van der Waals surface area (Å²) in [6.45, 7) is 1.55. The van der Waals surface area contributed by atoms with Crippen molar-refractivity contribution >= 4 is 16.9 Å². The first kappa shape index (κ1) is 17.0. The number of hydrogen-bond donors (Lipinski definition) is 0. The Balaban J connectivity index is 1.67. The molecule has 2 fully saturated rings. The maximum absolute atomic E-state index is 13.0. The molecule has 2 unspecified atom stereocenters. The van der Waals surface area contributed by atoms with Crippen molar-refractivity contribution in [2.75, 3.05) is 13.1 Å². The van der Waals surface area contributed by atoms with E-state index in [4.69, 9.17) is 0 Å². The van der Waals surface area contributed by atoms with Crippen molar-refractivity contribution in [1.82, 2.24) is 19.0 Å². The standard InChI is InChI=1S/C19H24N4O3/c1-21-16-14(17(24)22(2)19(21)26)7-8-15(20-16)18(25)23-10-9-12-5-3-4-6-13(12)11-23/h7-8,12-13H,3-6,9-11H2,1-2H3. The lowest BCUT2D eigenvalue weighted by Crippen LogP contribution is -2.45. The molecule has 7 heteroatoms. The first-order valence-corrected chi connectivity index (χ1v) is 9.33. The summed E-state index contributed by atoms with van der Waals surface area (Å²) in [6.07, 6.45) is 6.10. The maximum atomic E-state index is 13.0. The summed E-state index contributed by atoms with van der Waals surface area (Å²) in [5, 5.41) is 0.345. The summed E-state index contributed by atoms with van der Waals surface area (Å²) in [5.41, 5.74) is -0.272. The molecule has 2 aromatic heterocycles. The molecule has 138 valence electrons. The number of nitrogens with zero attached hydrogens (tertiary/aromatic N) is 4. The number of hydrogen-bond acceptors (Lipinski definition) is 4. The number of fused-ring (bicyclic) bond motifs is 2. The van der Waals surface area contributed by atoms with Crippen LogP contribution in [0.5, 0.6) is 0 Å². The van der Waals surface area contributed by atoms with Crippen molar-refractivity contribution in [2.24, 2.45) is 25.9 Å². The molecule has 26 heavy (non-hydrogen) atoms. The molecule has 1 amide bonds. The van der Waals surface area contributed by atoms with Gasteiger partial charge in [0.1, 0.15) is 11.3 Å². The summed E-state index contributed by atoms with van der Waals surface area (Å²) in [4.78, 5) is 43.6. The number of rotatable bonds is 1. The van der Waals surface area contributed by atoms with Crippen LogP contribution in [0.3, 0.4) is 0 Å². The van der Waals surface area contributed by atoms with Crippen molar-refractivity contribution in [3.05, 3.63) is 38.7 Å². The van der Waals surface area contributed by atoms with E-state index >= 15 is 0 Å². The highest BCUT2D eigenvalue weighted by atomic mass is 16.2. The van der Waals surface area contributed by atoms with E-state index in [-0.39, 0.29) is 11.6 Å². The van der Waals surface area contributed by atoms with Crippen molar-refractivity contribution in [3.63, 3.8) is 0 Å². The Morgan fingerprint density at radius 2 is 1.77 bits per heavy atom. The van der Waals surface area contributed by atoms with Crippen LogP contribution in [-0.2, 0) is 14.1 Å². The Morgan fingerprint density at radius 3 is 2.54 bits per heavy atom. The van der Waals surface area contributed by atoms with Crippen LogP contribution in [0.15, 0.2) is 21.7 Å². The van der Waals surface area contributed by atoms with Gasteiger partial charge in [-0.1, -0.05) is 19.3 Å². The molecule has 1 saturated carbocycles. The van der Waals surface area contributed by atoms with Gasteiger partial charge in [0.05, 0.1) is 5.39 Å². The zero-order chi connectivity index (χ0) is 18.4. The number of pyridine rings is 1. The van der Waals surface area contributed by atoms with E-state index in [9.17, 15) is 14.4 Å². The summed E-state index contributed by atoms with van der Waals surface area (Å²) in [5.74, 6) is 1.24. The normalized spacial score (nSPS) is 23.1. The van der Waals surface area contributed by atoms with Gasteiger partial charge in [-0.25, -0.2) is 9.78 Å². The number of piperidine rings is 1. The van der Waals surface area contributed by atoms with Crippen LogP contribution in [0.1, 0.15) is 42.6 Å². The van der Waals surface area contributed by atoms with Crippen LogP contribution >= 0.6 is 0 Å². The third-order valence-electron chi connectivity index (χ3n) is 6.10. The van der Waals surface area contributed by atoms with Crippen LogP contribution in [0.2, 0.25) is 0 Å². The van der Waals surface area contributed by atoms with Gasteiger partial charge in [-0.2, -0.15) is 0 Å². The fraction of sp³-hybridized carbons (Fsp3) is 0.579. The molecule has 0 bridgehead atoms. The molecule has 2 aromatic rings. The summed E-state index contributed by atoms with van der Waals surface area (Å²) < 4.78 is 2.38. The van der Waals surface area contributed by atoms with Gasteiger partial charge in [0.2, 0.25) is 0 Å². The van der Waals surface area contributed by atoms with Crippen LogP contribution in [0.25, 0.3) is 11.0 Å². The average molecular weight is 356 g/mol. The predicted octanol–water partition coefficient (Wildman–Crippen LogP) is 1.28. The number of carbonyl (C=O) groups excluding carboxylic acids is 1. The molecule has 1 aliphatic heterocycles. The lowest BCUT2D eigenvalue weighted by atomic mass is 9.75. The maximum Gasteiger partial charge on any atom is 0.332 e. The van der Waals surface area contributed by atoms with Gasteiger partial charge in [-0.15, -0.1) is 0 Å². The zero-order valence-electron chi connectivity index (χ0n) is 15.3. The van der Waals surface area contributed by atoms with Gasteiger partial charge in [-0.05, 0) is 36.8 Å². The molecule has 2 atom stereocenters. The van der Waals surface area contributed by atoms with Crippen molar-refractivity contribution in [3.8, 4) is 0 Å². The Kier molecular flexibility index (Phi) is 4.17. The molecular formula is C19H24N4O3. The molecule has 2 aliphatic rings. The van der Waals surface area contributed by atoms with Gasteiger partial charge >= 0.3 is 5.69 Å². The largest absolute Gasteiger partial charge is 0.337 e. The van der Waals surface area contributed by atoms with Gasteiger partial charge in [-0.3, -0.25) is 18.7 Å². The molecule has 0 aromatic carbocycles. The second kappa shape index (κ2) is 6.37. The van der Waals surface area contributed by atoms with Gasteiger partial charge in [0.25, 0.3) is 11.5 Å². The molecule has 4 rings (SSSR count). The second-order valence-corrected chi connectivity index (χ2v) is 7.62. The van der Waals surface area contributed by atoms with E-state index < -0.39 is 11.2 Å². The van der Waals surface area contributed by atoms with E-state index in [2.05, 4.69) is 4.98 Å². The number of carbonyl (C=O) groups is 1. The highest BCUT2D eigenvalue weighted by Gasteiger charge is 2.33. The van der Waals surface area contributed by atoms with Crippen LogP contribution < -0.4 is 11.2 Å². The van der Waals surface area contributed by atoms with Gasteiger partial charge < -0.3 is 4.90 Å². The number of likely N-dealkylation sites (tertiary alicyclic amines) is 1. The van der Waals surface area contributed by atoms with Crippen molar-refractivity contribution < 1.29 is 4.79 Å². The number of aromatic nitrogens is 3. The van der Waals surface area contributed by atoms with E-state index in [1.807, 2.05) is 4.90 Å². The molecular weight excluding hydrogens is 332 g/mol. The first-order valence-electron chi connectivity index (χ1n) is 9.33. The lowest BCUT2D eigenvalue weighted by Gasteiger charge is -2.41. The van der Waals surface area contributed by atoms with Crippen LogP contribution in [0, 0.1) is 11.8 Å². The third-order valence-corrected chi connectivity index (χ3v) is 6.10. The highest BCUT2D eigenvalue weighted by Crippen LogP contribution is 2.36. The second-order valence-electron chi connectivity index (χ2n) is 7.62. The van der Waals surface area contributed by atoms with Gasteiger partial charge in [0.15, 0.2) is 0 Å². The predicted molar refractivity (Wildman–Crippen MR) is 98.2 cm³/mol. The fourth-order valence-corrected chi connectivity index (χ4v) is 4.52. The Morgan fingerprint density at radius 1 is 1.04 bits per heavy atom. The lowest BCUT2D eigenvalue weighted by molar-refractivity contribution is 0.0516. The topological polar surface area (TPSA) is 77.2 Å². The number of aryl methyl sites for hydroxylation is 1. The highest BCUT2D eigenvalue weighted by molar-refractivity contribution is 5.94. The number of amides is 1. The minimum absolute atomic E-state index is 0.107. The first-order chi connectivity index (χ1) is 12.5. The van der Waals surface area contributed by atoms with E-state index in [1.54, 1.807) is 19.2 Å². The van der Waals surface area contributed by atoms with E-state index in [0.717, 1.165) is 30.0 Å². The third kappa shape index (κ3) is 2.66.